The largest absolute Gasteiger partial charge is 0.454 e. The van der Waals surface area contributed by atoms with Gasteiger partial charge in [0.05, 0.1) is 17.1 Å². The second-order valence-electron chi connectivity index (χ2n) is 7.73. The molecule has 7 nitrogen and oxygen atoms in total. The summed E-state index contributed by atoms with van der Waals surface area (Å²) in [4.78, 5) is 29.3. The standard InChI is InChI=1S/C25H28N4O3/c1-16-8-7-10-21(12-16)27-19(4)25(18(3)26)28-23(30)15-32-24(31)14-29-17(2)13-20-9-5-6-11-22(20)29/h5-13H,14-15,26H2,1-4H3,(H,28,30). The number of nitrogens with zero attached hydrogens (tertiary/aromatic N) is 2. The predicted molar refractivity (Wildman–Crippen MR) is 127 cm³/mol. The smallest absolute Gasteiger partial charge is 0.326 e. The van der Waals surface area contributed by atoms with Crippen LogP contribution in [0.3, 0.4) is 0 Å². The Morgan fingerprint density at radius 2 is 1.81 bits per heavy atom. The first-order valence-corrected chi connectivity index (χ1v) is 10.3. The molecule has 1 aromatic heterocycles. The quantitative estimate of drug-likeness (QED) is 0.437. The fourth-order valence-corrected chi connectivity index (χ4v) is 3.48. The average molecular weight is 433 g/mol. The molecule has 0 saturated heterocycles. The highest BCUT2D eigenvalue weighted by molar-refractivity contribution is 6.03. The summed E-state index contributed by atoms with van der Waals surface area (Å²) in [6.45, 7) is 6.96. The molecule has 0 radical (unpaired) electrons. The normalized spacial score (nSPS) is 12.4. The van der Waals surface area contributed by atoms with Crippen molar-refractivity contribution in [2.45, 2.75) is 34.2 Å². The summed E-state index contributed by atoms with van der Waals surface area (Å²) in [5.74, 6) is -0.976. The van der Waals surface area contributed by atoms with E-state index in [0.717, 1.165) is 27.8 Å². The number of fused-ring (bicyclic) bond motifs is 1. The van der Waals surface area contributed by atoms with Gasteiger partial charge in [-0.05, 0) is 62.9 Å². The lowest BCUT2D eigenvalue weighted by Gasteiger charge is -2.13. The lowest BCUT2D eigenvalue weighted by molar-refractivity contribution is -0.148. The molecule has 3 aromatic rings. The van der Waals surface area contributed by atoms with E-state index in [1.54, 1.807) is 13.8 Å². The third kappa shape index (κ3) is 5.63. The number of hydrogen-bond acceptors (Lipinski definition) is 5. The van der Waals surface area contributed by atoms with Gasteiger partial charge >= 0.3 is 5.97 Å². The minimum atomic E-state index is -0.496. The summed E-state index contributed by atoms with van der Waals surface area (Å²) in [6, 6.07) is 17.5. The number of ether oxygens (including phenoxy) is 1. The third-order valence-electron chi connectivity index (χ3n) is 4.99. The highest BCUT2D eigenvalue weighted by Gasteiger charge is 2.14. The Morgan fingerprint density at radius 1 is 1.06 bits per heavy atom. The van der Waals surface area contributed by atoms with Crippen LogP contribution in [-0.2, 0) is 20.9 Å². The first-order valence-electron chi connectivity index (χ1n) is 10.3. The summed E-state index contributed by atoms with van der Waals surface area (Å²) in [6.07, 6.45) is 0. The molecule has 0 aliphatic rings. The van der Waals surface area contributed by atoms with Gasteiger partial charge in [-0.15, -0.1) is 0 Å². The number of allylic oxidation sites excluding steroid dienone is 2. The SMILES string of the molecule is CC(=Nc1cccc(C)c1)C(NC(=O)COC(=O)Cn1c(C)cc2ccccc21)=C(C)N. The molecule has 0 unspecified atom stereocenters. The molecule has 0 bridgehead atoms. The van der Waals surface area contributed by atoms with E-state index in [2.05, 4.69) is 10.3 Å². The van der Waals surface area contributed by atoms with E-state index in [0.29, 0.717) is 17.1 Å². The van der Waals surface area contributed by atoms with Gasteiger partial charge in [0.15, 0.2) is 6.61 Å². The summed E-state index contributed by atoms with van der Waals surface area (Å²) in [5, 5.41) is 3.76. The van der Waals surface area contributed by atoms with E-state index in [4.69, 9.17) is 10.5 Å². The molecule has 3 rings (SSSR count). The molecule has 0 spiro atoms. The van der Waals surface area contributed by atoms with Crippen LogP contribution in [0.4, 0.5) is 5.69 Å². The number of carbonyl (C=O) groups excluding carboxylic acids is 2. The Bertz CT molecular complexity index is 1220. The Labute approximate surface area is 187 Å². The van der Waals surface area contributed by atoms with Gasteiger partial charge in [0.1, 0.15) is 6.54 Å². The lowest BCUT2D eigenvalue weighted by Crippen LogP contribution is -2.33. The highest BCUT2D eigenvalue weighted by Crippen LogP contribution is 2.19. The second-order valence-corrected chi connectivity index (χ2v) is 7.73. The number of rotatable bonds is 7. The molecule has 32 heavy (non-hydrogen) atoms. The zero-order valence-electron chi connectivity index (χ0n) is 18.8. The fraction of sp³-hybridized carbons (Fsp3) is 0.240. The van der Waals surface area contributed by atoms with E-state index >= 15 is 0 Å². The van der Waals surface area contributed by atoms with Crippen LogP contribution in [0.15, 0.2) is 71.0 Å². The van der Waals surface area contributed by atoms with Gasteiger partial charge in [-0.1, -0.05) is 30.3 Å². The molecule has 0 saturated carbocycles. The Balaban J connectivity index is 1.61. The summed E-state index contributed by atoms with van der Waals surface area (Å²) >= 11 is 0. The van der Waals surface area contributed by atoms with Crippen LogP contribution in [0.1, 0.15) is 25.1 Å². The molecule has 1 amide bonds. The van der Waals surface area contributed by atoms with Crippen LogP contribution in [-0.4, -0.2) is 28.8 Å². The van der Waals surface area contributed by atoms with Gasteiger partial charge < -0.3 is 20.4 Å². The molecular formula is C25H28N4O3. The number of esters is 1. The zero-order valence-corrected chi connectivity index (χ0v) is 18.8. The number of amides is 1. The van der Waals surface area contributed by atoms with Gasteiger partial charge in [-0.25, -0.2) is 0 Å². The van der Waals surface area contributed by atoms with Crippen molar-refractivity contribution < 1.29 is 14.3 Å². The van der Waals surface area contributed by atoms with Gasteiger partial charge in [0, 0.05) is 16.9 Å². The number of aryl methyl sites for hydroxylation is 2. The van der Waals surface area contributed by atoms with Gasteiger partial charge in [0.2, 0.25) is 0 Å². The number of hydrogen-bond donors (Lipinski definition) is 2. The second kappa shape index (κ2) is 9.96. The number of nitrogens with two attached hydrogens (primary N) is 1. The maximum absolute atomic E-state index is 12.4. The van der Waals surface area contributed by atoms with Crippen LogP contribution >= 0.6 is 0 Å². The molecule has 3 N–H and O–H groups in total. The summed E-state index contributed by atoms with van der Waals surface area (Å²) in [5.41, 5.74) is 11.1. The molecular weight excluding hydrogens is 404 g/mol. The van der Waals surface area contributed by atoms with Crippen LogP contribution in [0.2, 0.25) is 0 Å². The van der Waals surface area contributed by atoms with Crippen molar-refractivity contribution in [3.8, 4) is 0 Å². The first kappa shape index (κ1) is 22.8. The van der Waals surface area contributed by atoms with Crippen molar-refractivity contribution in [1.29, 1.82) is 0 Å². The predicted octanol–water partition coefficient (Wildman–Crippen LogP) is 3.90. The van der Waals surface area contributed by atoms with Gasteiger partial charge in [0.25, 0.3) is 5.91 Å². The van der Waals surface area contributed by atoms with Crippen LogP contribution in [0.5, 0.6) is 0 Å². The van der Waals surface area contributed by atoms with E-state index in [1.165, 1.54) is 0 Å². The zero-order chi connectivity index (χ0) is 23.3. The maximum atomic E-state index is 12.4. The summed E-state index contributed by atoms with van der Waals surface area (Å²) < 4.78 is 7.07. The van der Waals surface area contributed by atoms with Crippen molar-refractivity contribution in [2.24, 2.45) is 10.7 Å². The fourth-order valence-electron chi connectivity index (χ4n) is 3.48. The first-order chi connectivity index (χ1) is 15.2. The molecule has 0 aliphatic heterocycles. The molecule has 7 heteroatoms. The number of benzene rings is 2. The number of carbonyl (C=O) groups is 2. The molecule has 0 fully saturated rings. The van der Waals surface area contributed by atoms with Crippen LogP contribution in [0.25, 0.3) is 10.9 Å². The summed E-state index contributed by atoms with van der Waals surface area (Å²) in [7, 11) is 0. The molecule has 1 heterocycles. The van der Waals surface area contributed by atoms with Crippen molar-refractivity contribution in [1.82, 2.24) is 9.88 Å². The number of aliphatic imine (C=N–C) groups is 1. The Morgan fingerprint density at radius 3 is 2.53 bits per heavy atom. The number of nitrogens with one attached hydrogen (secondary N) is 1. The van der Waals surface area contributed by atoms with Crippen molar-refractivity contribution in [3.05, 3.63) is 77.2 Å². The third-order valence-corrected chi connectivity index (χ3v) is 4.99. The molecule has 2 aromatic carbocycles. The maximum Gasteiger partial charge on any atom is 0.326 e. The molecule has 166 valence electrons. The van der Waals surface area contributed by atoms with Gasteiger partial charge in [-0.2, -0.15) is 0 Å². The van der Waals surface area contributed by atoms with Gasteiger partial charge in [-0.3, -0.25) is 14.6 Å². The van der Waals surface area contributed by atoms with E-state index in [1.807, 2.05) is 73.0 Å². The van der Waals surface area contributed by atoms with Crippen molar-refractivity contribution in [2.75, 3.05) is 6.61 Å². The van der Waals surface area contributed by atoms with E-state index in [9.17, 15) is 9.59 Å². The lowest BCUT2D eigenvalue weighted by atomic mass is 10.2. The molecule has 0 atom stereocenters. The number of aromatic nitrogens is 1. The number of para-hydroxylation sites is 1. The van der Waals surface area contributed by atoms with Crippen LogP contribution < -0.4 is 11.1 Å². The topological polar surface area (TPSA) is 98.7 Å². The van der Waals surface area contributed by atoms with Crippen molar-refractivity contribution in [3.63, 3.8) is 0 Å². The van der Waals surface area contributed by atoms with Crippen LogP contribution in [0, 0.1) is 13.8 Å². The minimum Gasteiger partial charge on any atom is -0.454 e. The monoisotopic (exact) mass is 432 g/mol. The Kier molecular flexibility index (Phi) is 7.10. The minimum absolute atomic E-state index is 0.0269. The highest BCUT2D eigenvalue weighted by atomic mass is 16.5. The Hall–Kier alpha value is -3.87. The molecule has 0 aliphatic carbocycles. The van der Waals surface area contributed by atoms with E-state index < -0.39 is 18.5 Å². The average Bonchev–Trinajstić information content (AvgIpc) is 3.05. The van der Waals surface area contributed by atoms with E-state index in [-0.39, 0.29) is 6.54 Å². The van der Waals surface area contributed by atoms with Crippen molar-refractivity contribution >= 4 is 34.2 Å².